The molecule has 0 saturated heterocycles. The molecule has 0 aromatic carbocycles. The Kier molecular flexibility index (Phi) is 6.38. The van der Waals surface area contributed by atoms with Crippen LogP contribution in [0.1, 0.15) is 0 Å². The highest BCUT2D eigenvalue weighted by atomic mass is 33.0. The molecule has 0 saturated carbocycles. The predicted octanol–water partition coefficient (Wildman–Crippen LogP) is 4.63. The molecule has 0 heterocycles. The van der Waals surface area contributed by atoms with E-state index in [2.05, 4.69) is 35.7 Å². The summed E-state index contributed by atoms with van der Waals surface area (Å²) in [5.74, 6) is 0. The summed E-state index contributed by atoms with van der Waals surface area (Å²) in [5.41, 5.74) is 0. The average Bonchev–Trinajstić information content (AvgIpc) is 1.36. The maximum atomic E-state index is 4.05. The van der Waals surface area contributed by atoms with Crippen molar-refractivity contribution >= 4 is 49.7 Å². The van der Waals surface area contributed by atoms with Crippen molar-refractivity contribution in [3.05, 3.63) is 0 Å². The van der Waals surface area contributed by atoms with Gasteiger partial charge in [0.05, 0.1) is 0 Å². The molecule has 32 valence electrons. The van der Waals surface area contributed by atoms with Crippen LogP contribution in [0.15, 0.2) is 0 Å². The van der Waals surface area contributed by atoms with E-state index in [-0.39, 0.29) is 14.0 Å². The van der Waals surface area contributed by atoms with Crippen LogP contribution in [-0.2, 0) is 0 Å². The zero-order valence-corrected chi connectivity index (χ0v) is 8.37. The third kappa shape index (κ3) is 4.73. The van der Waals surface area contributed by atoms with Gasteiger partial charge in [0.2, 0.25) is 0 Å². The first-order chi connectivity index (χ1) is 2.64. The molecule has 0 aliphatic carbocycles. The van der Waals surface area contributed by atoms with Gasteiger partial charge in [-0.2, -0.15) is 0 Å². The van der Waals surface area contributed by atoms with Gasteiger partial charge in [-0.05, 0) is 31.8 Å². The molecule has 0 amide bonds. The van der Waals surface area contributed by atoms with Gasteiger partial charge < -0.3 is 0 Å². The van der Waals surface area contributed by atoms with Crippen molar-refractivity contribution in [1.82, 2.24) is 0 Å². The van der Waals surface area contributed by atoms with Crippen molar-refractivity contribution < 1.29 is 0 Å². The molecule has 6 heteroatoms. The molecule has 0 atom stereocenters. The Morgan fingerprint density at radius 2 is 1.33 bits per heavy atom. The SMILES string of the molecule is [P]P([P])P([PH])[PH]. The summed E-state index contributed by atoms with van der Waals surface area (Å²) in [6.07, 6.45) is 0. The van der Waals surface area contributed by atoms with Gasteiger partial charge in [-0.1, -0.05) is 17.9 Å². The minimum atomic E-state index is -0.379. The molecular weight excluding hydrogens is 186 g/mol. The summed E-state index contributed by atoms with van der Waals surface area (Å²) >= 11 is 0. The molecular formula is H2P6. The molecule has 0 rings (SSSR count). The molecule has 0 N–H and O–H groups in total. The molecule has 0 fully saturated rings. The van der Waals surface area contributed by atoms with Gasteiger partial charge in [-0.15, -0.1) is 0 Å². The highest BCUT2D eigenvalue weighted by Crippen LogP contribution is 2.86. The van der Waals surface area contributed by atoms with Gasteiger partial charge >= 0.3 is 0 Å². The lowest BCUT2D eigenvalue weighted by molar-refractivity contribution is 4.92. The smallest absolute Gasteiger partial charge is 0.0000444 e. The fourth-order valence-corrected chi connectivity index (χ4v) is 0. The second-order valence-electron chi connectivity index (χ2n) is 0.580. The lowest BCUT2D eigenvalue weighted by Crippen LogP contribution is -1.14. The summed E-state index contributed by atoms with van der Waals surface area (Å²) in [7, 11) is 14.8. The van der Waals surface area contributed by atoms with Crippen LogP contribution in [0.5, 0.6) is 0 Å². The van der Waals surface area contributed by atoms with Crippen molar-refractivity contribution in [1.29, 1.82) is 0 Å². The third-order valence-electron chi connectivity index (χ3n) is 0.179. The summed E-state index contributed by atoms with van der Waals surface area (Å²) in [5, 5.41) is 0. The standard InChI is InChI=1S/H2P6/c1-5(2)6(3)4/h1-2H. The Balaban J connectivity index is 2.99. The number of hydrogen-bond acceptors (Lipinski definition) is 0. The van der Waals surface area contributed by atoms with E-state index in [9.17, 15) is 0 Å². The van der Waals surface area contributed by atoms with Crippen molar-refractivity contribution in [3.63, 3.8) is 0 Å². The first-order valence-corrected chi connectivity index (χ1v) is 9.42. The van der Waals surface area contributed by atoms with Crippen LogP contribution in [0.2, 0.25) is 0 Å². The van der Waals surface area contributed by atoms with Crippen molar-refractivity contribution in [3.8, 4) is 0 Å². The van der Waals surface area contributed by atoms with Gasteiger partial charge in [-0.3, -0.25) is 0 Å². The Bertz CT molecular complexity index is 21.0. The topological polar surface area (TPSA) is 0 Å². The summed E-state index contributed by atoms with van der Waals surface area (Å²) in [6, 6.07) is 0. The fraction of sp³-hybridized carbons (Fsp3) is 0. The Labute approximate surface area is 50.2 Å². The maximum Gasteiger partial charge on any atom is -0.0000444 e. The molecule has 0 aromatic rings. The van der Waals surface area contributed by atoms with Gasteiger partial charge in [-0.25, -0.2) is 0 Å². The Morgan fingerprint density at radius 1 is 1.17 bits per heavy atom. The van der Waals surface area contributed by atoms with Gasteiger partial charge in [0.1, 0.15) is 0 Å². The van der Waals surface area contributed by atoms with Gasteiger partial charge in [0.25, 0.3) is 0 Å². The third-order valence-corrected chi connectivity index (χ3v) is 14.5. The second-order valence-corrected chi connectivity index (χ2v) is 15.7. The normalized spacial score (nSPS) is 11.0. The Morgan fingerprint density at radius 3 is 1.33 bits per heavy atom. The van der Waals surface area contributed by atoms with Crippen molar-refractivity contribution in [2.24, 2.45) is 0 Å². The first-order valence-electron chi connectivity index (χ1n) is 1.05. The molecule has 0 aromatic heterocycles. The molecule has 6 heavy (non-hydrogen) atoms. The fourth-order valence-electron chi connectivity index (χ4n) is 0. The lowest BCUT2D eigenvalue weighted by Gasteiger charge is -2.02. The molecule has 0 nitrogen and oxygen atoms in total. The van der Waals surface area contributed by atoms with E-state index in [1.165, 1.54) is 0 Å². The van der Waals surface area contributed by atoms with Gasteiger partial charge in [0.15, 0.2) is 0 Å². The summed E-state index contributed by atoms with van der Waals surface area (Å²) in [6.45, 7) is -0.634. The quantitative estimate of drug-likeness (QED) is 0.526. The minimum Gasteiger partial charge on any atom is -0.0587 e. The van der Waals surface area contributed by atoms with Crippen LogP contribution in [0.3, 0.4) is 0 Å². The largest absolute Gasteiger partial charge is 0.0587 e. The predicted molar refractivity (Wildman–Crippen MR) is 44.3 cm³/mol. The van der Waals surface area contributed by atoms with Crippen LogP contribution in [-0.4, -0.2) is 0 Å². The highest BCUT2D eigenvalue weighted by molar-refractivity contribution is 8.92. The van der Waals surface area contributed by atoms with Crippen LogP contribution < -0.4 is 0 Å². The molecule has 0 spiro atoms. The van der Waals surface area contributed by atoms with E-state index in [0.717, 1.165) is 0 Å². The minimum absolute atomic E-state index is 0.255. The van der Waals surface area contributed by atoms with Crippen LogP contribution >= 0.6 is 49.7 Å². The molecule has 0 aliphatic rings. The second kappa shape index (κ2) is 4.46. The average molecular weight is 188 g/mol. The molecule has 0 unspecified atom stereocenters. The zero-order chi connectivity index (χ0) is 5.15. The molecule has 0 bridgehead atoms. The maximum absolute atomic E-state index is 4.05. The highest BCUT2D eigenvalue weighted by Gasteiger charge is 1.99. The first kappa shape index (κ1) is 8.58. The van der Waals surface area contributed by atoms with Crippen molar-refractivity contribution in [2.45, 2.75) is 0 Å². The molecule has 6 radical (unpaired) electrons. The van der Waals surface area contributed by atoms with E-state index >= 15 is 0 Å². The Hall–Kier alpha value is 2.58. The van der Waals surface area contributed by atoms with E-state index in [0.29, 0.717) is 0 Å². The molecule has 0 aliphatic heterocycles. The van der Waals surface area contributed by atoms with E-state index in [1.54, 1.807) is 0 Å². The van der Waals surface area contributed by atoms with Crippen LogP contribution in [0, 0.1) is 0 Å². The van der Waals surface area contributed by atoms with Crippen molar-refractivity contribution in [2.75, 3.05) is 0 Å². The van der Waals surface area contributed by atoms with Crippen LogP contribution in [0.4, 0.5) is 0 Å². The lowest BCUT2D eigenvalue weighted by atomic mass is 29.0. The number of hydrogen-bond donors (Lipinski definition) is 0. The van der Waals surface area contributed by atoms with E-state index < -0.39 is 0 Å². The summed E-state index contributed by atoms with van der Waals surface area (Å²) in [4.78, 5) is 0. The number of rotatable bonds is 1. The van der Waals surface area contributed by atoms with E-state index in [4.69, 9.17) is 0 Å². The van der Waals surface area contributed by atoms with Gasteiger partial charge in [0, 0.05) is 0 Å². The zero-order valence-electron chi connectivity index (χ0n) is 2.79. The van der Waals surface area contributed by atoms with Crippen LogP contribution in [0.25, 0.3) is 0 Å². The monoisotopic (exact) mass is 188 g/mol. The van der Waals surface area contributed by atoms with E-state index in [1.807, 2.05) is 0 Å². The summed E-state index contributed by atoms with van der Waals surface area (Å²) < 4.78 is 0.